The number of phenols is 1. The number of rotatable bonds is 4. The number of amides is 1. The predicted octanol–water partition coefficient (Wildman–Crippen LogP) is 2.16. The lowest BCUT2D eigenvalue weighted by molar-refractivity contribution is -0.141. The van der Waals surface area contributed by atoms with Gasteiger partial charge in [0.15, 0.2) is 0 Å². The fraction of sp³-hybridized carbons (Fsp3) is 0.429. The van der Waals surface area contributed by atoms with E-state index in [0.717, 1.165) is 12.8 Å². The first-order chi connectivity index (χ1) is 9.54. The van der Waals surface area contributed by atoms with Crippen LogP contribution in [-0.4, -0.2) is 44.2 Å². The molecular weight excluding hydrogens is 278 g/mol. The van der Waals surface area contributed by atoms with Crippen LogP contribution < -0.4 is 0 Å². The highest BCUT2D eigenvalue weighted by molar-refractivity contribution is 8.00. The van der Waals surface area contributed by atoms with Crippen molar-refractivity contribution in [1.82, 2.24) is 4.90 Å². The van der Waals surface area contributed by atoms with Crippen LogP contribution in [0.3, 0.4) is 0 Å². The Morgan fingerprint density at radius 2 is 2.20 bits per heavy atom. The summed E-state index contributed by atoms with van der Waals surface area (Å²) in [6.07, 6.45) is 1.65. The van der Waals surface area contributed by atoms with Gasteiger partial charge in [-0.1, -0.05) is 19.4 Å². The third kappa shape index (κ3) is 2.90. The minimum absolute atomic E-state index is 0.00150. The molecule has 20 heavy (non-hydrogen) atoms. The molecule has 1 aromatic rings. The summed E-state index contributed by atoms with van der Waals surface area (Å²) in [6, 6.07) is 5.22. The zero-order valence-corrected chi connectivity index (χ0v) is 12.0. The van der Waals surface area contributed by atoms with Crippen LogP contribution in [0, 0.1) is 0 Å². The van der Waals surface area contributed by atoms with Crippen molar-refractivity contribution < 1.29 is 19.8 Å². The second-order valence-corrected chi connectivity index (χ2v) is 5.90. The minimum atomic E-state index is -0.982. The summed E-state index contributed by atoms with van der Waals surface area (Å²) in [5, 5.41) is 18.6. The van der Waals surface area contributed by atoms with Crippen molar-refractivity contribution in [1.29, 1.82) is 0 Å². The maximum atomic E-state index is 12.5. The Bertz CT molecular complexity index is 520. The lowest BCUT2D eigenvalue weighted by Crippen LogP contribution is -2.45. The molecule has 0 saturated carbocycles. The second-order valence-electron chi connectivity index (χ2n) is 4.69. The Morgan fingerprint density at radius 1 is 1.45 bits per heavy atom. The molecule has 5 nitrogen and oxygen atoms in total. The van der Waals surface area contributed by atoms with Gasteiger partial charge in [-0.25, -0.2) is 4.79 Å². The van der Waals surface area contributed by atoms with Gasteiger partial charge >= 0.3 is 5.97 Å². The van der Waals surface area contributed by atoms with Gasteiger partial charge in [-0.15, -0.1) is 11.8 Å². The molecule has 6 heteroatoms. The predicted molar refractivity (Wildman–Crippen MR) is 76.9 cm³/mol. The highest BCUT2D eigenvalue weighted by Crippen LogP contribution is 2.33. The van der Waals surface area contributed by atoms with Crippen LogP contribution in [0.5, 0.6) is 5.75 Å². The first-order valence-corrected chi connectivity index (χ1v) is 7.55. The van der Waals surface area contributed by atoms with Crippen molar-refractivity contribution in [3.8, 4) is 5.75 Å². The summed E-state index contributed by atoms with van der Waals surface area (Å²) in [5.41, 5.74) is 0.319. The van der Waals surface area contributed by atoms with Gasteiger partial charge in [0, 0.05) is 11.3 Å². The van der Waals surface area contributed by atoms with Crippen molar-refractivity contribution in [2.24, 2.45) is 0 Å². The van der Waals surface area contributed by atoms with Crippen LogP contribution in [0.25, 0.3) is 0 Å². The number of nitrogens with zero attached hydrogens (tertiary/aromatic N) is 1. The highest BCUT2D eigenvalue weighted by Gasteiger charge is 2.41. The fourth-order valence-corrected chi connectivity index (χ4v) is 3.80. The number of carboxylic acid groups (broad SMARTS) is 1. The third-order valence-corrected chi connectivity index (χ3v) is 4.60. The molecule has 1 saturated heterocycles. The number of aliphatic carboxylic acids is 1. The summed E-state index contributed by atoms with van der Waals surface area (Å²) in [6.45, 7) is 2.01. The normalized spacial score (nSPS) is 21.9. The molecule has 108 valence electrons. The zero-order chi connectivity index (χ0) is 14.7. The maximum absolute atomic E-state index is 12.5. The third-order valence-electron chi connectivity index (χ3n) is 3.24. The molecular formula is C14H17NO4S. The number of aromatic hydroxyl groups is 1. The minimum Gasteiger partial charge on any atom is -0.508 e. The van der Waals surface area contributed by atoms with E-state index in [2.05, 4.69) is 0 Å². The van der Waals surface area contributed by atoms with Crippen LogP contribution >= 0.6 is 11.8 Å². The first kappa shape index (κ1) is 14.7. The average molecular weight is 295 g/mol. The van der Waals surface area contributed by atoms with Crippen molar-refractivity contribution >= 4 is 23.6 Å². The molecule has 1 aliphatic rings. The molecule has 0 radical (unpaired) electrons. The number of hydrogen-bond donors (Lipinski definition) is 2. The quantitative estimate of drug-likeness (QED) is 0.890. The van der Waals surface area contributed by atoms with Crippen LogP contribution in [0.2, 0.25) is 0 Å². The Hall–Kier alpha value is -1.69. The number of carbonyl (C=O) groups is 2. The number of hydrogen-bond acceptors (Lipinski definition) is 4. The van der Waals surface area contributed by atoms with Crippen LogP contribution in [0.15, 0.2) is 24.3 Å². The van der Waals surface area contributed by atoms with Gasteiger partial charge in [-0.05, 0) is 24.6 Å². The standard InChI is InChI=1S/C14H17NO4S/c1-2-4-12-15(11(8-20-12)14(18)19)13(17)9-5-3-6-10(16)7-9/h3,5-7,11-12,16H,2,4,8H2,1H3,(H,18,19). The van der Waals surface area contributed by atoms with E-state index < -0.39 is 12.0 Å². The molecule has 1 heterocycles. The lowest BCUT2D eigenvalue weighted by atomic mass is 10.1. The summed E-state index contributed by atoms with van der Waals surface area (Å²) < 4.78 is 0. The van der Waals surface area contributed by atoms with E-state index in [0.29, 0.717) is 11.3 Å². The zero-order valence-electron chi connectivity index (χ0n) is 11.2. The largest absolute Gasteiger partial charge is 0.508 e. The summed E-state index contributed by atoms with van der Waals surface area (Å²) >= 11 is 1.50. The first-order valence-electron chi connectivity index (χ1n) is 6.50. The molecule has 1 fully saturated rings. The van der Waals surface area contributed by atoms with Gasteiger partial charge in [0.1, 0.15) is 11.8 Å². The van der Waals surface area contributed by atoms with Gasteiger partial charge in [-0.2, -0.15) is 0 Å². The Morgan fingerprint density at radius 3 is 2.80 bits per heavy atom. The van der Waals surface area contributed by atoms with Crippen molar-refractivity contribution in [2.75, 3.05) is 5.75 Å². The van der Waals surface area contributed by atoms with Gasteiger partial charge in [0.2, 0.25) is 0 Å². The molecule has 2 rings (SSSR count). The van der Waals surface area contributed by atoms with E-state index in [1.807, 2.05) is 6.92 Å². The summed E-state index contributed by atoms with van der Waals surface area (Å²) in [7, 11) is 0. The highest BCUT2D eigenvalue weighted by atomic mass is 32.2. The van der Waals surface area contributed by atoms with Crippen molar-refractivity contribution in [3.05, 3.63) is 29.8 Å². The van der Waals surface area contributed by atoms with E-state index in [-0.39, 0.29) is 17.0 Å². The Kier molecular flexibility index (Phi) is 4.54. The smallest absolute Gasteiger partial charge is 0.327 e. The molecule has 1 amide bonds. The molecule has 0 aliphatic carbocycles. The number of carbonyl (C=O) groups excluding carboxylic acids is 1. The molecule has 1 aliphatic heterocycles. The maximum Gasteiger partial charge on any atom is 0.327 e. The van der Waals surface area contributed by atoms with Crippen LogP contribution in [-0.2, 0) is 4.79 Å². The molecule has 2 atom stereocenters. The van der Waals surface area contributed by atoms with Gasteiger partial charge in [0.25, 0.3) is 5.91 Å². The van der Waals surface area contributed by atoms with Gasteiger partial charge in [-0.3, -0.25) is 4.79 Å². The molecule has 0 spiro atoms. The number of thioether (sulfide) groups is 1. The number of benzene rings is 1. The summed E-state index contributed by atoms with van der Waals surface area (Å²) in [4.78, 5) is 25.3. The number of phenolic OH excluding ortho intramolecular Hbond substituents is 1. The Labute approximate surface area is 121 Å². The topological polar surface area (TPSA) is 77.8 Å². The molecule has 2 unspecified atom stereocenters. The van der Waals surface area contributed by atoms with Crippen LogP contribution in [0.1, 0.15) is 30.1 Å². The summed E-state index contributed by atoms with van der Waals surface area (Å²) in [5.74, 6) is -0.909. The fourth-order valence-electron chi connectivity index (χ4n) is 2.28. The monoisotopic (exact) mass is 295 g/mol. The van der Waals surface area contributed by atoms with Crippen molar-refractivity contribution in [3.63, 3.8) is 0 Å². The second kappa shape index (κ2) is 6.17. The number of carboxylic acids is 1. The lowest BCUT2D eigenvalue weighted by Gasteiger charge is -2.27. The van der Waals surface area contributed by atoms with E-state index in [1.165, 1.54) is 28.8 Å². The average Bonchev–Trinajstić information content (AvgIpc) is 2.82. The molecule has 0 aromatic heterocycles. The van der Waals surface area contributed by atoms with E-state index >= 15 is 0 Å². The van der Waals surface area contributed by atoms with Gasteiger partial charge < -0.3 is 15.1 Å². The van der Waals surface area contributed by atoms with E-state index in [9.17, 15) is 19.8 Å². The molecule has 1 aromatic carbocycles. The van der Waals surface area contributed by atoms with Crippen LogP contribution in [0.4, 0.5) is 0 Å². The Balaban J connectivity index is 2.29. The van der Waals surface area contributed by atoms with E-state index in [1.54, 1.807) is 12.1 Å². The van der Waals surface area contributed by atoms with Gasteiger partial charge in [0.05, 0.1) is 5.37 Å². The SMILES string of the molecule is CCCC1SCC(C(=O)O)N1C(=O)c1cccc(O)c1. The molecule has 2 N–H and O–H groups in total. The van der Waals surface area contributed by atoms with E-state index in [4.69, 9.17) is 0 Å². The van der Waals surface area contributed by atoms with Crippen molar-refractivity contribution in [2.45, 2.75) is 31.2 Å². The molecule has 0 bridgehead atoms.